The predicted molar refractivity (Wildman–Crippen MR) is 65.4 cm³/mol. The largest absolute Gasteiger partial charge is 0.294 e. The molecule has 86 valence electrons. The molecule has 0 aliphatic carbocycles. The molecule has 2 aromatic rings. The Hall–Kier alpha value is -2.01. The summed E-state index contributed by atoms with van der Waals surface area (Å²) in [5, 5.41) is 12.7. The van der Waals surface area contributed by atoms with Gasteiger partial charge in [-0.15, -0.1) is 11.3 Å². The molecule has 0 amide bonds. The molecular weight excluding hydrogens is 238 g/mol. The van der Waals surface area contributed by atoms with Crippen molar-refractivity contribution < 1.29 is 9.72 Å². The Morgan fingerprint density at radius 3 is 2.65 bits per heavy atom. The molecular formula is C12H9NO3S. The lowest BCUT2D eigenvalue weighted by molar-refractivity contribution is -0.385. The van der Waals surface area contributed by atoms with Gasteiger partial charge in [-0.1, -0.05) is 18.2 Å². The molecule has 4 nitrogen and oxygen atoms in total. The van der Waals surface area contributed by atoms with Gasteiger partial charge in [0.25, 0.3) is 5.69 Å². The number of Topliss-reactive ketones (excluding diaryl/α,β-unsaturated/α-hetero) is 1. The normalized spacial score (nSPS) is 10.1. The highest BCUT2D eigenvalue weighted by Gasteiger charge is 2.19. The Labute approximate surface area is 102 Å². The zero-order chi connectivity index (χ0) is 12.3. The Bertz CT molecular complexity index is 549. The molecule has 0 fully saturated rings. The number of nitrogens with zero attached hydrogens (tertiary/aromatic N) is 1. The first-order valence-electron chi connectivity index (χ1n) is 4.97. The third-order valence-corrected chi connectivity index (χ3v) is 3.19. The van der Waals surface area contributed by atoms with Crippen LogP contribution in [0.3, 0.4) is 0 Å². The van der Waals surface area contributed by atoms with E-state index < -0.39 is 4.92 Å². The van der Waals surface area contributed by atoms with Gasteiger partial charge in [-0.3, -0.25) is 14.9 Å². The lowest BCUT2D eigenvalue weighted by atomic mass is 10.1. The van der Waals surface area contributed by atoms with E-state index in [4.69, 9.17) is 0 Å². The highest BCUT2D eigenvalue weighted by Crippen LogP contribution is 2.20. The fourth-order valence-electron chi connectivity index (χ4n) is 1.54. The van der Waals surface area contributed by atoms with Crippen molar-refractivity contribution in [2.24, 2.45) is 0 Å². The van der Waals surface area contributed by atoms with Gasteiger partial charge in [0.2, 0.25) is 0 Å². The van der Waals surface area contributed by atoms with Crippen molar-refractivity contribution in [2.75, 3.05) is 0 Å². The van der Waals surface area contributed by atoms with E-state index in [9.17, 15) is 14.9 Å². The van der Waals surface area contributed by atoms with Gasteiger partial charge in [0.05, 0.1) is 10.5 Å². The number of benzene rings is 1. The molecule has 0 spiro atoms. The number of nitro benzene ring substituents is 1. The van der Waals surface area contributed by atoms with E-state index in [2.05, 4.69) is 0 Å². The van der Waals surface area contributed by atoms with E-state index in [1.165, 1.54) is 23.5 Å². The molecule has 0 bridgehead atoms. The van der Waals surface area contributed by atoms with Crippen LogP contribution in [-0.4, -0.2) is 10.7 Å². The zero-order valence-electron chi connectivity index (χ0n) is 8.83. The summed E-state index contributed by atoms with van der Waals surface area (Å²) >= 11 is 1.47. The van der Waals surface area contributed by atoms with E-state index in [1.807, 2.05) is 17.5 Å². The van der Waals surface area contributed by atoms with Crippen LogP contribution in [0, 0.1) is 10.1 Å². The lowest BCUT2D eigenvalue weighted by Gasteiger charge is -2.00. The minimum atomic E-state index is -0.526. The van der Waals surface area contributed by atoms with Crippen LogP contribution in [0.2, 0.25) is 0 Å². The minimum Gasteiger partial charge on any atom is -0.294 e. The van der Waals surface area contributed by atoms with Crippen LogP contribution in [0.4, 0.5) is 5.69 Å². The Kier molecular flexibility index (Phi) is 3.30. The average molecular weight is 247 g/mol. The summed E-state index contributed by atoms with van der Waals surface area (Å²) in [6.45, 7) is 0. The number of nitro groups is 1. The molecule has 0 N–H and O–H groups in total. The summed E-state index contributed by atoms with van der Waals surface area (Å²) in [6, 6.07) is 9.73. The summed E-state index contributed by atoms with van der Waals surface area (Å²) in [6.07, 6.45) is 0.211. The number of hydrogen-bond acceptors (Lipinski definition) is 4. The first kappa shape index (κ1) is 11.5. The summed E-state index contributed by atoms with van der Waals surface area (Å²) in [5.41, 5.74) is 0.0416. The van der Waals surface area contributed by atoms with Crippen molar-refractivity contribution in [1.82, 2.24) is 0 Å². The van der Waals surface area contributed by atoms with Gasteiger partial charge < -0.3 is 0 Å². The monoisotopic (exact) mass is 247 g/mol. The topological polar surface area (TPSA) is 60.2 Å². The lowest BCUT2D eigenvalue weighted by Crippen LogP contribution is -2.05. The molecule has 0 unspecified atom stereocenters. The first-order chi connectivity index (χ1) is 8.18. The van der Waals surface area contributed by atoms with Crippen LogP contribution >= 0.6 is 11.3 Å². The SMILES string of the molecule is O=C(Cc1cccs1)c1ccccc1[N+](=O)[O-]. The Balaban J connectivity index is 2.28. The van der Waals surface area contributed by atoms with Crippen LogP contribution in [-0.2, 0) is 6.42 Å². The van der Waals surface area contributed by atoms with Gasteiger partial charge in [-0.05, 0) is 17.5 Å². The van der Waals surface area contributed by atoms with Crippen LogP contribution in [0.1, 0.15) is 15.2 Å². The van der Waals surface area contributed by atoms with Crippen LogP contribution in [0.25, 0.3) is 0 Å². The minimum absolute atomic E-state index is 0.131. The van der Waals surface area contributed by atoms with Gasteiger partial charge in [0.15, 0.2) is 5.78 Å². The highest BCUT2D eigenvalue weighted by atomic mass is 32.1. The molecule has 0 aliphatic rings. The molecule has 1 aromatic heterocycles. The van der Waals surface area contributed by atoms with Crippen molar-refractivity contribution >= 4 is 22.8 Å². The molecule has 0 aliphatic heterocycles. The van der Waals surface area contributed by atoms with E-state index in [1.54, 1.807) is 12.1 Å². The van der Waals surface area contributed by atoms with Crippen molar-refractivity contribution in [3.63, 3.8) is 0 Å². The third kappa shape index (κ3) is 2.57. The predicted octanol–water partition coefficient (Wildman–Crippen LogP) is 3.08. The summed E-state index contributed by atoms with van der Waals surface area (Å²) < 4.78 is 0. The van der Waals surface area contributed by atoms with Crippen LogP contribution < -0.4 is 0 Å². The molecule has 17 heavy (non-hydrogen) atoms. The molecule has 0 atom stereocenters. The van der Waals surface area contributed by atoms with Gasteiger partial charge >= 0.3 is 0 Å². The average Bonchev–Trinajstić information content (AvgIpc) is 2.81. The number of hydrogen-bond donors (Lipinski definition) is 0. The molecule has 0 saturated carbocycles. The second-order valence-corrected chi connectivity index (χ2v) is 4.49. The number of rotatable bonds is 4. The second-order valence-electron chi connectivity index (χ2n) is 3.45. The number of thiophene rings is 1. The molecule has 0 saturated heterocycles. The van der Waals surface area contributed by atoms with Crippen LogP contribution in [0.15, 0.2) is 41.8 Å². The smallest absolute Gasteiger partial charge is 0.280 e. The maximum atomic E-state index is 11.9. The number of ketones is 1. The van der Waals surface area contributed by atoms with Crippen molar-refractivity contribution in [1.29, 1.82) is 0 Å². The molecule has 1 aromatic carbocycles. The summed E-state index contributed by atoms with van der Waals surface area (Å²) in [7, 11) is 0. The molecule has 2 rings (SSSR count). The quantitative estimate of drug-likeness (QED) is 0.474. The van der Waals surface area contributed by atoms with Crippen LogP contribution in [0.5, 0.6) is 0 Å². The van der Waals surface area contributed by atoms with Crippen molar-refractivity contribution in [2.45, 2.75) is 6.42 Å². The number of carbonyl (C=O) groups is 1. The summed E-state index contributed by atoms with van der Waals surface area (Å²) in [5.74, 6) is -0.222. The maximum Gasteiger partial charge on any atom is 0.280 e. The molecule has 5 heteroatoms. The number of carbonyl (C=O) groups excluding carboxylic acids is 1. The van der Waals surface area contributed by atoms with E-state index >= 15 is 0 Å². The van der Waals surface area contributed by atoms with Gasteiger partial charge in [-0.25, -0.2) is 0 Å². The highest BCUT2D eigenvalue weighted by molar-refractivity contribution is 7.10. The second kappa shape index (κ2) is 4.88. The standard InChI is InChI=1S/C12H9NO3S/c14-12(8-9-4-3-7-17-9)10-5-1-2-6-11(10)13(15)16/h1-7H,8H2. The molecule has 1 heterocycles. The Morgan fingerprint density at radius 2 is 2.00 bits per heavy atom. The van der Waals surface area contributed by atoms with E-state index in [0.717, 1.165) is 4.88 Å². The van der Waals surface area contributed by atoms with Gasteiger partial charge in [0.1, 0.15) is 0 Å². The third-order valence-electron chi connectivity index (χ3n) is 2.32. The maximum absolute atomic E-state index is 11.9. The Morgan fingerprint density at radius 1 is 1.24 bits per heavy atom. The fraction of sp³-hybridized carbons (Fsp3) is 0.0833. The zero-order valence-corrected chi connectivity index (χ0v) is 9.65. The summed E-state index contributed by atoms with van der Waals surface area (Å²) in [4.78, 5) is 23.1. The fourth-order valence-corrected chi connectivity index (χ4v) is 2.24. The van der Waals surface area contributed by atoms with E-state index in [0.29, 0.717) is 0 Å². The van der Waals surface area contributed by atoms with Gasteiger partial charge in [-0.2, -0.15) is 0 Å². The molecule has 0 radical (unpaired) electrons. The van der Waals surface area contributed by atoms with Crippen molar-refractivity contribution in [3.05, 3.63) is 62.3 Å². The number of para-hydroxylation sites is 1. The van der Waals surface area contributed by atoms with Crippen molar-refractivity contribution in [3.8, 4) is 0 Å². The van der Waals surface area contributed by atoms with Gasteiger partial charge in [0, 0.05) is 17.4 Å². The van der Waals surface area contributed by atoms with E-state index in [-0.39, 0.29) is 23.5 Å². The first-order valence-corrected chi connectivity index (χ1v) is 5.85.